The Bertz CT molecular complexity index is 1200. The van der Waals surface area contributed by atoms with Gasteiger partial charge in [0.25, 0.3) is 0 Å². The van der Waals surface area contributed by atoms with Gasteiger partial charge in [-0.15, -0.1) is 0 Å². The molecular weight excluding hydrogens is 416 g/mol. The molecule has 0 spiro atoms. The average Bonchev–Trinajstić information content (AvgIpc) is 2.96. The molecule has 1 N–H and O–H groups in total. The summed E-state index contributed by atoms with van der Waals surface area (Å²) in [5.41, 5.74) is -3.09. The Morgan fingerprint density at radius 2 is 1.77 bits per heavy atom. The molecule has 4 unspecified atom stereocenters. The van der Waals surface area contributed by atoms with Crippen molar-refractivity contribution in [3.05, 3.63) is 64.7 Å². The van der Waals surface area contributed by atoms with Crippen LogP contribution in [0.4, 0.5) is 0 Å². The number of nitrogens with one attached hydrogen (secondary N) is 1. The minimum atomic E-state index is -2.09. The summed E-state index contributed by atoms with van der Waals surface area (Å²) in [6.45, 7) is 1.61. The molecule has 0 saturated carbocycles. The highest BCUT2D eigenvalue weighted by Crippen LogP contribution is 2.70. The van der Waals surface area contributed by atoms with E-state index in [-0.39, 0.29) is 0 Å². The molecule has 2 aromatic rings. The summed E-state index contributed by atoms with van der Waals surface area (Å²) in [4.78, 5) is 0. The fraction of sp³-hybridized carbons (Fsp3) is 0.304. The molecule has 154 valence electrons. The fourth-order valence-electron chi connectivity index (χ4n) is 4.82. The lowest BCUT2D eigenvalue weighted by atomic mass is 9.52. The van der Waals surface area contributed by atoms with Crippen LogP contribution in [-0.4, -0.2) is 18.8 Å². The lowest BCUT2D eigenvalue weighted by molar-refractivity contribution is -0.253. The van der Waals surface area contributed by atoms with Crippen LogP contribution in [-0.2, 0) is 9.47 Å². The van der Waals surface area contributed by atoms with Crippen molar-refractivity contribution >= 4 is 17.5 Å². The summed E-state index contributed by atoms with van der Waals surface area (Å²) in [5, 5.41) is 40.1. The summed E-state index contributed by atoms with van der Waals surface area (Å²) in [5.74, 6) is -2.53. The summed E-state index contributed by atoms with van der Waals surface area (Å²) in [6.07, 6.45) is -1.18. The van der Waals surface area contributed by atoms with Gasteiger partial charge in [-0.25, -0.2) is 0 Å². The Kier molecular flexibility index (Phi) is 4.67. The predicted octanol–water partition coefficient (Wildman–Crippen LogP) is 4.47. The molecule has 0 amide bonds. The number of fused-ring (bicyclic) bond motifs is 2. The third-order valence-electron chi connectivity index (χ3n) is 6.12. The second-order valence-electron chi connectivity index (χ2n) is 7.63. The molecule has 31 heavy (non-hydrogen) atoms. The van der Waals surface area contributed by atoms with Crippen LogP contribution >= 0.6 is 11.6 Å². The van der Waals surface area contributed by atoms with Gasteiger partial charge in [-0.3, -0.25) is 5.41 Å². The molecule has 8 heteroatoms. The molecule has 7 nitrogen and oxygen atoms in total. The summed E-state index contributed by atoms with van der Waals surface area (Å²) in [6, 6.07) is 19.7. The smallest absolute Gasteiger partial charge is 0.219 e. The molecule has 0 radical (unpaired) electrons. The lowest BCUT2D eigenvalue weighted by Gasteiger charge is -2.49. The van der Waals surface area contributed by atoms with Gasteiger partial charge >= 0.3 is 0 Å². The zero-order valence-electron chi connectivity index (χ0n) is 16.7. The standard InChI is InChI=1S/C23H17ClN4O3/c1-21-18(16-8-3-4-9-17(16)29-2)23(13-27,20(28)31-21)22(11-25,12-26)19(30-21)14-6-5-7-15(24)10-14/h3-10,18-19,28H,1-2H3. The van der Waals surface area contributed by atoms with Crippen LogP contribution in [0.5, 0.6) is 5.75 Å². The molecule has 2 heterocycles. The first-order valence-corrected chi connectivity index (χ1v) is 9.79. The topological polar surface area (TPSA) is 123 Å². The molecule has 2 aliphatic rings. The molecule has 2 bridgehead atoms. The van der Waals surface area contributed by atoms with Gasteiger partial charge in [-0.05, 0) is 23.8 Å². The van der Waals surface area contributed by atoms with Crippen LogP contribution < -0.4 is 4.74 Å². The van der Waals surface area contributed by atoms with Crippen LogP contribution in [0.3, 0.4) is 0 Å². The van der Waals surface area contributed by atoms with Gasteiger partial charge in [0.2, 0.25) is 17.1 Å². The van der Waals surface area contributed by atoms with Gasteiger partial charge in [0.15, 0.2) is 5.41 Å². The number of benzene rings is 2. The van der Waals surface area contributed by atoms with Gasteiger partial charge in [-0.1, -0.05) is 41.9 Å². The number of halogens is 1. The van der Waals surface area contributed by atoms with Gasteiger partial charge in [-0.2, -0.15) is 15.8 Å². The number of ether oxygens (including phenoxy) is 3. The Morgan fingerprint density at radius 3 is 2.39 bits per heavy atom. The molecule has 2 saturated heterocycles. The minimum Gasteiger partial charge on any atom is -0.496 e. The number of hydrogen-bond donors (Lipinski definition) is 1. The maximum Gasteiger partial charge on any atom is 0.219 e. The first kappa shape index (κ1) is 20.7. The Hall–Kier alpha value is -3.57. The maximum atomic E-state index is 10.5. The Morgan fingerprint density at radius 1 is 1.06 bits per heavy atom. The molecule has 2 fully saturated rings. The molecule has 0 aromatic heterocycles. The fourth-order valence-corrected chi connectivity index (χ4v) is 5.02. The number of para-hydroxylation sites is 1. The summed E-state index contributed by atoms with van der Waals surface area (Å²) in [7, 11) is 1.48. The van der Waals surface area contributed by atoms with Crippen LogP contribution in [0.25, 0.3) is 0 Å². The molecule has 4 rings (SSSR count). The van der Waals surface area contributed by atoms with E-state index in [1.165, 1.54) is 7.11 Å². The molecule has 4 atom stereocenters. The van der Waals surface area contributed by atoms with E-state index >= 15 is 0 Å². The van der Waals surface area contributed by atoms with Gasteiger partial charge in [0.1, 0.15) is 11.9 Å². The summed E-state index contributed by atoms with van der Waals surface area (Å²) >= 11 is 6.15. The van der Waals surface area contributed by atoms with E-state index in [0.29, 0.717) is 21.9 Å². The largest absolute Gasteiger partial charge is 0.496 e. The Balaban J connectivity index is 2.06. The van der Waals surface area contributed by atoms with E-state index in [2.05, 4.69) is 6.07 Å². The van der Waals surface area contributed by atoms with Crippen molar-refractivity contribution in [2.24, 2.45) is 10.8 Å². The van der Waals surface area contributed by atoms with Crippen LogP contribution in [0, 0.1) is 50.2 Å². The molecule has 2 aliphatic heterocycles. The Labute approximate surface area is 184 Å². The van der Waals surface area contributed by atoms with E-state index in [9.17, 15) is 15.8 Å². The number of nitriles is 3. The van der Waals surface area contributed by atoms with E-state index in [4.69, 9.17) is 31.2 Å². The minimum absolute atomic E-state index is 0.386. The van der Waals surface area contributed by atoms with Gasteiger partial charge in [0.05, 0.1) is 31.2 Å². The van der Waals surface area contributed by atoms with Crippen molar-refractivity contribution in [3.63, 3.8) is 0 Å². The van der Waals surface area contributed by atoms with E-state index < -0.39 is 34.5 Å². The van der Waals surface area contributed by atoms with Crippen molar-refractivity contribution in [1.82, 2.24) is 0 Å². The van der Waals surface area contributed by atoms with E-state index in [0.717, 1.165) is 0 Å². The van der Waals surface area contributed by atoms with Crippen LogP contribution in [0.2, 0.25) is 5.02 Å². The van der Waals surface area contributed by atoms with Gasteiger partial charge < -0.3 is 14.2 Å². The second kappa shape index (κ2) is 7.00. The molecule has 2 aromatic carbocycles. The lowest BCUT2D eigenvalue weighted by Crippen LogP contribution is -2.57. The SMILES string of the molecule is COc1ccccc1C1C2(C)OC(=N)C1(C#N)C(C#N)(C#N)C(c1cccc(Cl)c1)O2. The van der Waals surface area contributed by atoms with Gasteiger partial charge in [0, 0.05) is 17.5 Å². The first-order valence-electron chi connectivity index (χ1n) is 9.41. The number of rotatable bonds is 3. The average molecular weight is 433 g/mol. The van der Waals surface area contributed by atoms with E-state index in [1.54, 1.807) is 55.5 Å². The number of nitrogens with zero attached hydrogens (tertiary/aromatic N) is 3. The van der Waals surface area contributed by atoms with Crippen LogP contribution in [0.15, 0.2) is 48.5 Å². The van der Waals surface area contributed by atoms with E-state index in [1.807, 2.05) is 12.1 Å². The zero-order chi connectivity index (χ0) is 22.4. The quantitative estimate of drug-likeness (QED) is 0.763. The third-order valence-corrected chi connectivity index (χ3v) is 6.35. The molecular formula is C23H17ClN4O3. The molecule has 0 aliphatic carbocycles. The van der Waals surface area contributed by atoms with Crippen LogP contribution in [0.1, 0.15) is 30.1 Å². The normalized spacial score (nSPS) is 30.4. The predicted molar refractivity (Wildman–Crippen MR) is 110 cm³/mol. The van der Waals surface area contributed by atoms with Crippen molar-refractivity contribution in [3.8, 4) is 24.0 Å². The monoisotopic (exact) mass is 432 g/mol. The van der Waals surface area contributed by atoms with Crippen molar-refractivity contribution < 1.29 is 14.2 Å². The second-order valence-corrected chi connectivity index (χ2v) is 8.06. The highest BCUT2D eigenvalue weighted by molar-refractivity contribution is 6.30. The maximum absolute atomic E-state index is 10.5. The number of hydrogen-bond acceptors (Lipinski definition) is 7. The highest BCUT2D eigenvalue weighted by Gasteiger charge is 2.80. The summed E-state index contributed by atoms with van der Waals surface area (Å²) < 4.78 is 17.6. The van der Waals surface area contributed by atoms with Crippen molar-refractivity contribution in [2.75, 3.05) is 7.11 Å². The van der Waals surface area contributed by atoms with Crippen molar-refractivity contribution in [1.29, 1.82) is 21.2 Å². The zero-order valence-corrected chi connectivity index (χ0v) is 17.5. The number of methoxy groups -OCH3 is 1. The van der Waals surface area contributed by atoms with Crippen molar-refractivity contribution in [2.45, 2.75) is 24.7 Å². The third kappa shape index (κ3) is 2.50. The highest BCUT2D eigenvalue weighted by atomic mass is 35.5. The first-order chi connectivity index (χ1) is 14.8.